The van der Waals surface area contributed by atoms with Crippen molar-refractivity contribution in [1.82, 2.24) is 0 Å². The number of rotatable bonds is 5. The molecule has 0 saturated carbocycles. The molecule has 0 aliphatic carbocycles. The summed E-state index contributed by atoms with van der Waals surface area (Å²) >= 11 is 1.74. The predicted molar refractivity (Wildman–Crippen MR) is 93.5 cm³/mol. The van der Waals surface area contributed by atoms with E-state index in [0.717, 1.165) is 16.2 Å². The molecule has 3 rings (SSSR count). The van der Waals surface area contributed by atoms with Crippen molar-refractivity contribution in [2.24, 2.45) is 0 Å². The Balaban J connectivity index is 1.93. The van der Waals surface area contributed by atoms with E-state index in [1.165, 1.54) is 17.7 Å². The average molecular weight is 324 g/mol. The van der Waals surface area contributed by atoms with Crippen LogP contribution in [0.1, 0.15) is 16.4 Å². The molecule has 0 aliphatic rings. The van der Waals surface area contributed by atoms with Crippen LogP contribution < -0.4 is 4.74 Å². The summed E-state index contributed by atoms with van der Waals surface area (Å²) in [4.78, 5) is 1.14. The minimum absolute atomic E-state index is 0.116. The third kappa shape index (κ3) is 3.93. The molecule has 0 bridgehead atoms. The minimum Gasteiger partial charge on any atom is -0.497 e. The fourth-order valence-corrected chi connectivity index (χ4v) is 3.54. The van der Waals surface area contributed by atoms with Crippen LogP contribution in [0.4, 0.5) is 4.39 Å². The van der Waals surface area contributed by atoms with Gasteiger partial charge < -0.3 is 4.74 Å². The van der Waals surface area contributed by atoms with Crippen molar-refractivity contribution in [3.05, 3.63) is 95.8 Å². The Labute approximate surface area is 140 Å². The first kappa shape index (κ1) is 15.6. The monoisotopic (exact) mass is 324 g/mol. The molecule has 3 aromatic carbocycles. The lowest BCUT2D eigenvalue weighted by molar-refractivity contribution is 0.414. The zero-order valence-electron chi connectivity index (χ0n) is 12.8. The summed E-state index contributed by atoms with van der Waals surface area (Å²) in [7, 11) is 1.66. The first-order chi connectivity index (χ1) is 11.3. The van der Waals surface area contributed by atoms with Crippen molar-refractivity contribution in [2.45, 2.75) is 10.1 Å². The first-order valence-electron chi connectivity index (χ1n) is 7.37. The SMILES string of the molecule is COc1ccc(S[C@H](c2ccccc2)c2ccc(F)cc2)cc1. The van der Waals surface area contributed by atoms with E-state index in [9.17, 15) is 4.39 Å². The fraction of sp³-hybridized carbons (Fsp3) is 0.100. The van der Waals surface area contributed by atoms with Crippen molar-refractivity contribution in [2.75, 3.05) is 7.11 Å². The third-order valence-electron chi connectivity index (χ3n) is 3.59. The molecule has 23 heavy (non-hydrogen) atoms. The van der Waals surface area contributed by atoms with Crippen LogP contribution in [0.5, 0.6) is 5.75 Å². The zero-order valence-corrected chi connectivity index (χ0v) is 13.6. The van der Waals surface area contributed by atoms with E-state index in [-0.39, 0.29) is 11.1 Å². The Morgan fingerprint density at radius 2 is 1.39 bits per heavy atom. The van der Waals surface area contributed by atoms with Crippen LogP contribution >= 0.6 is 11.8 Å². The lowest BCUT2D eigenvalue weighted by atomic mass is 10.0. The molecule has 116 valence electrons. The smallest absolute Gasteiger partial charge is 0.123 e. The average Bonchev–Trinajstić information content (AvgIpc) is 2.62. The summed E-state index contributed by atoms with van der Waals surface area (Å²) in [5.74, 6) is 0.627. The van der Waals surface area contributed by atoms with Gasteiger partial charge >= 0.3 is 0 Å². The van der Waals surface area contributed by atoms with E-state index in [0.29, 0.717) is 0 Å². The molecule has 0 aromatic heterocycles. The van der Waals surface area contributed by atoms with Crippen LogP contribution in [-0.2, 0) is 0 Å². The van der Waals surface area contributed by atoms with Gasteiger partial charge in [0.25, 0.3) is 0 Å². The molecule has 0 unspecified atom stereocenters. The molecule has 0 heterocycles. The van der Waals surface area contributed by atoms with Crippen LogP contribution in [0, 0.1) is 5.82 Å². The molecule has 0 fully saturated rings. The maximum atomic E-state index is 13.2. The van der Waals surface area contributed by atoms with Crippen molar-refractivity contribution in [3.63, 3.8) is 0 Å². The first-order valence-corrected chi connectivity index (χ1v) is 8.25. The van der Waals surface area contributed by atoms with Crippen LogP contribution in [0.3, 0.4) is 0 Å². The number of hydrogen-bond donors (Lipinski definition) is 0. The molecule has 0 radical (unpaired) electrons. The molecule has 0 aliphatic heterocycles. The molecule has 0 saturated heterocycles. The van der Waals surface area contributed by atoms with E-state index < -0.39 is 0 Å². The highest BCUT2D eigenvalue weighted by Gasteiger charge is 2.15. The van der Waals surface area contributed by atoms with Gasteiger partial charge in [0, 0.05) is 4.90 Å². The maximum absolute atomic E-state index is 13.2. The van der Waals surface area contributed by atoms with E-state index in [1.54, 1.807) is 18.9 Å². The maximum Gasteiger partial charge on any atom is 0.123 e. The van der Waals surface area contributed by atoms with Gasteiger partial charge in [-0.2, -0.15) is 0 Å². The Kier molecular flexibility index (Phi) is 4.99. The summed E-state index contributed by atoms with van der Waals surface area (Å²) < 4.78 is 18.4. The highest BCUT2D eigenvalue weighted by atomic mass is 32.2. The molecule has 3 aromatic rings. The van der Waals surface area contributed by atoms with Crippen LogP contribution in [-0.4, -0.2) is 7.11 Å². The number of halogens is 1. The van der Waals surface area contributed by atoms with Crippen LogP contribution in [0.2, 0.25) is 0 Å². The minimum atomic E-state index is -0.213. The molecule has 0 N–H and O–H groups in total. The number of ether oxygens (including phenoxy) is 1. The van der Waals surface area contributed by atoms with E-state index in [4.69, 9.17) is 4.74 Å². The third-order valence-corrected chi connectivity index (χ3v) is 4.91. The van der Waals surface area contributed by atoms with Crippen LogP contribution in [0.25, 0.3) is 0 Å². The van der Waals surface area contributed by atoms with Gasteiger partial charge in [-0.3, -0.25) is 0 Å². The van der Waals surface area contributed by atoms with Gasteiger partial charge in [-0.15, -0.1) is 11.8 Å². The summed E-state index contributed by atoms with van der Waals surface area (Å²) in [6.07, 6.45) is 0. The van der Waals surface area contributed by atoms with Gasteiger partial charge in [0.15, 0.2) is 0 Å². The second kappa shape index (κ2) is 7.34. The summed E-state index contributed by atoms with van der Waals surface area (Å²) in [5, 5.41) is 0.116. The fourth-order valence-electron chi connectivity index (χ4n) is 2.38. The highest BCUT2D eigenvalue weighted by molar-refractivity contribution is 7.99. The topological polar surface area (TPSA) is 9.23 Å². The van der Waals surface area contributed by atoms with E-state index >= 15 is 0 Å². The van der Waals surface area contributed by atoms with Gasteiger partial charge in [-0.1, -0.05) is 42.5 Å². The van der Waals surface area contributed by atoms with Crippen molar-refractivity contribution >= 4 is 11.8 Å². The van der Waals surface area contributed by atoms with E-state index in [1.807, 2.05) is 54.6 Å². The quantitative estimate of drug-likeness (QED) is 0.555. The van der Waals surface area contributed by atoms with Crippen LogP contribution in [0.15, 0.2) is 83.8 Å². The molecule has 1 atom stereocenters. The lowest BCUT2D eigenvalue weighted by Gasteiger charge is -2.18. The molecule has 0 spiro atoms. The molecule has 0 amide bonds. The number of benzene rings is 3. The number of hydrogen-bond acceptors (Lipinski definition) is 2. The zero-order chi connectivity index (χ0) is 16.1. The Morgan fingerprint density at radius 3 is 2.00 bits per heavy atom. The number of methoxy groups -OCH3 is 1. The normalized spacial score (nSPS) is 11.9. The van der Waals surface area contributed by atoms with Gasteiger partial charge in [-0.05, 0) is 47.5 Å². The molecule has 1 nitrogen and oxygen atoms in total. The van der Waals surface area contributed by atoms with Crippen molar-refractivity contribution < 1.29 is 9.13 Å². The predicted octanol–water partition coefficient (Wildman–Crippen LogP) is 5.72. The summed E-state index contributed by atoms with van der Waals surface area (Å²) in [5.41, 5.74) is 2.28. The van der Waals surface area contributed by atoms with Gasteiger partial charge in [-0.25, -0.2) is 4.39 Å². The molecular weight excluding hydrogens is 307 g/mol. The molecule has 3 heteroatoms. The molecular formula is C20H17FOS. The highest BCUT2D eigenvalue weighted by Crippen LogP contribution is 2.40. The lowest BCUT2D eigenvalue weighted by Crippen LogP contribution is -1.97. The Morgan fingerprint density at radius 1 is 0.783 bits per heavy atom. The summed E-state index contributed by atoms with van der Waals surface area (Å²) in [6.45, 7) is 0. The Hall–Kier alpha value is -2.26. The Bertz CT molecular complexity index is 739. The second-order valence-corrected chi connectivity index (χ2v) is 6.31. The van der Waals surface area contributed by atoms with Gasteiger partial charge in [0.05, 0.1) is 12.4 Å². The number of thioether (sulfide) groups is 1. The second-order valence-electron chi connectivity index (χ2n) is 5.14. The van der Waals surface area contributed by atoms with Crippen molar-refractivity contribution in [1.29, 1.82) is 0 Å². The van der Waals surface area contributed by atoms with E-state index in [2.05, 4.69) is 12.1 Å². The summed E-state index contributed by atoms with van der Waals surface area (Å²) in [6, 6.07) is 25.0. The standard InChI is InChI=1S/C20H17FOS/c1-22-18-11-13-19(14-12-18)23-20(15-5-3-2-4-6-15)16-7-9-17(21)10-8-16/h2-14,20H,1H3/t20-/m1/s1. The van der Waals surface area contributed by atoms with Crippen molar-refractivity contribution in [3.8, 4) is 5.75 Å². The van der Waals surface area contributed by atoms with Gasteiger partial charge in [0.2, 0.25) is 0 Å². The largest absolute Gasteiger partial charge is 0.497 e. The van der Waals surface area contributed by atoms with Gasteiger partial charge in [0.1, 0.15) is 11.6 Å².